The summed E-state index contributed by atoms with van der Waals surface area (Å²) in [6, 6.07) is 7.04. The van der Waals surface area contributed by atoms with Gasteiger partial charge in [0.05, 0.1) is 10.9 Å². The minimum absolute atomic E-state index is 0.167. The number of hydrogen-bond donors (Lipinski definition) is 2. The van der Waals surface area contributed by atoms with E-state index in [2.05, 4.69) is 5.32 Å². The second-order valence-corrected chi connectivity index (χ2v) is 11.0. The van der Waals surface area contributed by atoms with Gasteiger partial charge in [0.15, 0.2) is 0 Å². The predicted molar refractivity (Wildman–Crippen MR) is 130 cm³/mol. The first-order valence-electron chi connectivity index (χ1n) is 11.3. The molecule has 10 heteroatoms. The number of likely N-dealkylation sites (N-methyl/N-ethyl adjacent to an activating group) is 1. The molecule has 0 bridgehead atoms. The van der Waals surface area contributed by atoms with Crippen LogP contribution in [0.25, 0.3) is 10.9 Å². The Hall–Kier alpha value is -3.01. The first-order valence-corrected chi connectivity index (χ1v) is 12.4. The number of hydrogen-bond acceptors (Lipinski definition) is 5. The smallest absolute Gasteiger partial charge is 0.407 e. The van der Waals surface area contributed by atoms with Crippen molar-refractivity contribution in [3.8, 4) is 0 Å². The van der Waals surface area contributed by atoms with Gasteiger partial charge in [0.1, 0.15) is 18.1 Å². The SMILES string of the molecule is C[C@@H](C(=O)N[C@H]1CCS[C@H]2CC(C)(C)[C@H](C(=O)n3ccc4ccccc43)N2C1=O)N(C)C(=O)O. The van der Waals surface area contributed by atoms with Gasteiger partial charge in [-0.1, -0.05) is 32.0 Å². The van der Waals surface area contributed by atoms with E-state index < -0.39 is 35.5 Å². The molecule has 2 aliphatic heterocycles. The van der Waals surface area contributed by atoms with Crippen LogP contribution in [0.15, 0.2) is 36.5 Å². The van der Waals surface area contributed by atoms with E-state index in [-0.39, 0.29) is 17.2 Å². The molecule has 1 aromatic carbocycles. The molecule has 0 radical (unpaired) electrons. The van der Waals surface area contributed by atoms with Crippen LogP contribution in [0.1, 0.15) is 38.4 Å². The normalized spacial score (nSPS) is 24.9. The summed E-state index contributed by atoms with van der Waals surface area (Å²) in [7, 11) is 1.31. The molecular weight excluding hydrogens is 456 g/mol. The molecule has 0 saturated carbocycles. The maximum absolute atomic E-state index is 13.9. The van der Waals surface area contributed by atoms with Crippen LogP contribution >= 0.6 is 11.8 Å². The maximum Gasteiger partial charge on any atom is 0.407 e. The number of benzene rings is 1. The summed E-state index contributed by atoms with van der Waals surface area (Å²) in [5.41, 5.74) is 0.329. The highest BCUT2D eigenvalue weighted by Crippen LogP contribution is 2.47. The first-order chi connectivity index (χ1) is 16.0. The zero-order chi connectivity index (χ0) is 24.8. The minimum Gasteiger partial charge on any atom is -0.465 e. The van der Waals surface area contributed by atoms with Crippen molar-refractivity contribution in [2.75, 3.05) is 12.8 Å². The first kappa shape index (κ1) is 24.1. The van der Waals surface area contributed by atoms with E-state index in [9.17, 15) is 24.3 Å². The van der Waals surface area contributed by atoms with Gasteiger partial charge in [0, 0.05) is 18.6 Å². The molecule has 4 atom stereocenters. The fourth-order valence-corrected chi connectivity index (χ4v) is 6.44. The third kappa shape index (κ3) is 4.15. The lowest BCUT2D eigenvalue weighted by Crippen LogP contribution is -2.57. The molecule has 2 aliphatic rings. The van der Waals surface area contributed by atoms with Gasteiger partial charge in [-0.15, -0.1) is 11.8 Å². The second-order valence-electron chi connectivity index (χ2n) is 9.67. The summed E-state index contributed by atoms with van der Waals surface area (Å²) in [6.07, 6.45) is 1.60. The van der Waals surface area contributed by atoms with Crippen molar-refractivity contribution in [3.05, 3.63) is 36.5 Å². The largest absolute Gasteiger partial charge is 0.465 e. The van der Waals surface area contributed by atoms with Gasteiger partial charge in [-0.25, -0.2) is 4.79 Å². The van der Waals surface area contributed by atoms with Crippen molar-refractivity contribution in [2.24, 2.45) is 5.41 Å². The van der Waals surface area contributed by atoms with Crippen molar-refractivity contribution in [1.29, 1.82) is 0 Å². The van der Waals surface area contributed by atoms with E-state index in [1.807, 2.05) is 44.2 Å². The summed E-state index contributed by atoms with van der Waals surface area (Å²) < 4.78 is 1.62. The Morgan fingerprint density at radius 3 is 2.65 bits per heavy atom. The number of aromatic nitrogens is 1. The molecule has 2 fully saturated rings. The number of fused-ring (bicyclic) bond motifs is 2. The highest BCUT2D eigenvalue weighted by molar-refractivity contribution is 7.99. The quantitative estimate of drug-likeness (QED) is 0.687. The Kier molecular flexibility index (Phi) is 6.37. The molecule has 34 heavy (non-hydrogen) atoms. The van der Waals surface area contributed by atoms with Gasteiger partial charge < -0.3 is 15.3 Å². The minimum atomic E-state index is -1.23. The fraction of sp³-hybridized carbons (Fsp3) is 0.500. The summed E-state index contributed by atoms with van der Waals surface area (Å²) in [4.78, 5) is 54.1. The van der Waals surface area contributed by atoms with Crippen LogP contribution in [0.2, 0.25) is 0 Å². The van der Waals surface area contributed by atoms with Gasteiger partial charge in [-0.2, -0.15) is 0 Å². The average molecular weight is 487 g/mol. The Morgan fingerprint density at radius 2 is 1.94 bits per heavy atom. The molecule has 3 heterocycles. The van der Waals surface area contributed by atoms with Gasteiger partial charge in [0.2, 0.25) is 11.8 Å². The lowest BCUT2D eigenvalue weighted by Gasteiger charge is -2.34. The fourth-order valence-electron chi connectivity index (χ4n) is 4.86. The second kappa shape index (κ2) is 8.98. The van der Waals surface area contributed by atoms with E-state index >= 15 is 0 Å². The number of nitrogens with one attached hydrogen (secondary N) is 1. The Labute approximate surface area is 202 Å². The topological polar surface area (TPSA) is 112 Å². The molecule has 1 aromatic heterocycles. The molecule has 9 nitrogen and oxygen atoms in total. The van der Waals surface area contributed by atoms with Crippen LogP contribution in [-0.2, 0) is 9.59 Å². The van der Waals surface area contributed by atoms with Crippen molar-refractivity contribution < 1.29 is 24.3 Å². The standard InChI is InChI=1S/C24H30N4O5S/c1-14(26(4)23(32)33)20(29)25-16-10-12-34-18-13-24(2,3)19(28(18)21(16)30)22(31)27-11-9-15-7-5-6-8-17(15)27/h5-9,11,14,16,18-19H,10,12-13H2,1-4H3,(H,25,29)(H,32,33)/t14-,16-,18-,19-/m0/s1. The summed E-state index contributed by atoms with van der Waals surface area (Å²) >= 11 is 1.62. The van der Waals surface area contributed by atoms with Gasteiger partial charge in [-0.05, 0) is 43.1 Å². The Balaban J connectivity index is 1.63. The zero-order valence-electron chi connectivity index (χ0n) is 19.7. The Bertz CT molecular complexity index is 1150. The molecule has 3 amide bonds. The van der Waals surface area contributed by atoms with Crippen LogP contribution in [0.4, 0.5) is 4.79 Å². The number of rotatable bonds is 4. The molecule has 0 unspecified atom stereocenters. The number of amides is 3. The summed E-state index contributed by atoms with van der Waals surface area (Å²) in [5.74, 6) is -0.364. The van der Waals surface area contributed by atoms with Crippen LogP contribution in [-0.4, -0.2) is 79.6 Å². The van der Waals surface area contributed by atoms with E-state index in [4.69, 9.17) is 0 Å². The number of carbonyl (C=O) groups excluding carboxylic acids is 3. The summed E-state index contributed by atoms with van der Waals surface area (Å²) in [6.45, 7) is 5.48. The van der Waals surface area contributed by atoms with Crippen LogP contribution < -0.4 is 5.32 Å². The number of carbonyl (C=O) groups is 4. The van der Waals surface area contributed by atoms with E-state index in [0.717, 1.165) is 15.8 Å². The number of thioether (sulfide) groups is 1. The van der Waals surface area contributed by atoms with Crippen molar-refractivity contribution in [2.45, 2.75) is 57.1 Å². The highest BCUT2D eigenvalue weighted by atomic mass is 32.2. The predicted octanol–water partition coefficient (Wildman–Crippen LogP) is 2.85. The van der Waals surface area contributed by atoms with Gasteiger partial charge in [-0.3, -0.25) is 23.9 Å². The molecule has 0 spiro atoms. The molecule has 2 saturated heterocycles. The highest BCUT2D eigenvalue weighted by Gasteiger charge is 2.54. The number of para-hydroxylation sites is 1. The molecule has 182 valence electrons. The van der Waals surface area contributed by atoms with Crippen LogP contribution in [0.5, 0.6) is 0 Å². The third-order valence-corrected chi connectivity index (χ3v) is 8.20. The van der Waals surface area contributed by atoms with E-state index in [1.54, 1.807) is 27.4 Å². The Morgan fingerprint density at radius 1 is 1.24 bits per heavy atom. The molecule has 2 N–H and O–H groups in total. The van der Waals surface area contributed by atoms with Crippen molar-refractivity contribution in [3.63, 3.8) is 0 Å². The third-order valence-electron chi connectivity index (χ3n) is 6.95. The van der Waals surface area contributed by atoms with E-state index in [0.29, 0.717) is 18.6 Å². The zero-order valence-corrected chi connectivity index (χ0v) is 20.5. The lowest BCUT2D eigenvalue weighted by molar-refractivity contribution is -0.138. The molecular formula is C24H30N4O5S. The van der Waals surface area contributed by atoms with Crippen LogP contribution in [0.3, 0.4) is 0 Å². The molecule has 2 aromatic rings. The average Bonchev–Trinajstić information content (AvgIpc) is 3.30. The maximum atomic E-state index is 13.9. The van der Waals surface area contributed by atoms with Crippen LogP contribution in [0, 0.1) is 5.41 Å². The van der Waals surface area contributed by atoms with Gasteiger partial charge >= 0.3 is 6.09 Å². The monoisotopic (exact) mass is 486 g/mol. The van der Waals surface area contributed by atoms with Crippen molar-refractivity contribution in [1.82, 2.24) is 19.7 Å². The van der Waals surface area contributed by atoms with Gasteiger partial charge in [0.25, 0.3) is 5.91 Å². The van der Waals surface area contributed by atoms with Crippen molar-refractivity contribution >= 4 is 46.5 Å². The molecule has 4 rings (SSSR count). The number of carboxylic acid groups (broad SMARTS) is 1. The lowest BCUT2D eigenvalue weighted by atomic mass is 9.84. The summed E-state index contributed by atoms with van der Waals surface area (Å²) in [5, 5.41) is 12.7. The number of nitrogens with zero attached hydrogens (tertiary/aromatic N) is 3. The van der Waals surface area contributed by atoms with E-state index in [1.165, 1.54) is 14.0 Å². The molecule has 0 aliphatic carbocycles.